The lowest BCUT2D eigenvalue weighted by Gasteiger charge is -2.27. The molecule has 3 aromatic carbocycles. The van der Waals surface area contributed by atoms with Gasteiger partial charge in [0.15, 0.2) is 6.10 Å². The van der Waals surface area contributed by atoms with Crippen LogP contribution in [-0.2, 0) is 16.6 Å². The van der Waals surface area contributed by atoms with E-state index in [1.54, 1.807) is 25.1 Å². The first-order valence-electron chi connectivity index (χ1n) is 12.4. The smallest absolute Gasteiger partial charge is 0.352 e. The van der Waals surface area contributed by atoms with Gasteiger partial charge in [-0.3, -0.25) is 0 Å². The number of carbonyl (C=O) groups excluding carboxylic acids is 1. The van der Waals surface area contributed by atoms with Gasteiger partial charge in [0, 0.05) is 11.6 Å². The van der Waals surface area contributed by atoms with Gasteiger partial charge in [-0.2, -0.15) is 5.26 Å². The minimum atomic E-state index is -0.811. The highest BCUT2D eigenvalue weighted by molar-refractivity contribution is 5.77. The molecule has 0 saturated carbocycles. The molecule has 6 nitrogen and oxygen atoms in total. The van der Waals surface area contributed by atoms with Gasteiger partial charge in [0.05, 0.1) is 5.92 Å². The summed E-state index contributed by atoms with van der Waals surface area (Å²) >= 11 is 0. The highest BCUT2D eigenvalue weighted by Gasteiger charge is 2.31. The summed E-state index contributed by atoms with van der Waals surface area (Å²) in [5.74, 6) is 0.450. The van der Waals surface area contributed by atoms with Crippen LogP contribution in [0, 0.1) is 11.3 Å². The second kappa shape index (κ2) is 10.4. The first kappa shape index (κ1) is 25.8. The number of benzene rings is 3. The zero-order valence-corrected chi connectivity index (χ0v) is 21.9. The van der Waals surface area contributed by atoms with Crippen molar-refractivity contribution in [1.82, 2.24) is 0 Å². The molecule has 37 heavy (non-hydrogen) atoms. The molecule has 1 aliphatic rings. The number of nitrogens with zero attached hydrogens (tertiary/aromatic N) is 1. The van der Waals surface area contributed by atoms with Gasteiger partial charge in [-0.1, -0.05) is 70.2 Å². The maximum atomic E-state index is 12.7. The molecule has 4 rings (SSSR count). The number of ether oxygens (including phenoxy) is 3. The summed E-state index contributed by atoms with van der Waals surface area (Å²) in [4.78, 5) is 12.7. The Morgan fingerprint density at radius 3 is 2.30 bits per heavy atom. The van der Waals surface area contributed by atoms with Crippen LogP contribution < -0.4 is 19.9 Å². The summed E-state index contributed by atoms with van der Waals surface area (Å²) in [6.07, 6.45) is 0.116. The first-order chi connectivity index (χ1) is 17.6. The van der Waals surface area contributed by atoms with Crippen molar-refractivity contribution in [3.63, 3.8) is 0 Å². The fourth-order valence-corrected chi connectivity index (χ4v) is 4.27. The average molecular weight is 497 g/mol. The Morgan fingerprint density at radius 2 is 1.70 bits per heavy atom. The van der Waals surface area contributed by atoms with Crippen LogP contribution in [0.3, 0.4) is 0 Å². The molecule has 3 aromatic rings. The Kier molecular flexibility index (Phi) is 7.26. The molecular formula is C31H32N2O4. The van der Waals surface area contributed by atoms with Gasteiger partial charge in [-0.05, 0) is 53.6 Å². The number of aryl methyl sites for hydroxylation is 1. The van der Waals surface area contributed by atoms with Crippen LogP contribution in [0.2, 0.25) is 0 Å². The van der Waals surface area contributed by atoms with Crippen molar-refractivity contribution in [2.75, 3.05) is 0 Å². The molecule has 2 N–H and O–H groups in total. The van der Waals surface area contributed by atoms with Crippen LogP contribution in [0.4, 0.5) is 0 Å². The molecule has 6 heteroatoms. The second-order valence-electron chi connectivity index (χ2n) is 10.2. The summed E-state index contributed by atoms with van der Waals surface area (Å²) in [6, 6.07) is 23.1. The van der Waals surface area contributed by atoms with Crippen LogP contribution in [0.15, 0.2) is 78.2 Å². The number of fused-ring (bicyclic) bond motifs is 1. The van der Waals surface area contributed by atoms with E-state index in [-0.39, 0.29) is 17.2 Å². The van der Waals surface area contributed by atoms with E-state index in [9.17, 15) is 10.1 Å². The molecule has 0 amide bonds. The molecule has 0 fully saturated rings. The number of hydrogen-bond acceptors (Lipinski definition) is 6. The third kappa shape index (κ3) is 5.62. The molecule has 2 atom stereocenters. The summed E-state index contributed by atoms with van der Waals surface area (Å²) in [6.45, 7) is 10.2. The molecule has 0 aliphatic carbocycles. The molecular weight excluding hydrogens is 464 g/mol. The van der Waals surface area contributed by atoms with E-state index < -0.39 is 12.1 Å². The van der Waals surface area contributed by atoms with Crippen LogP contribution in [0.25, 0.3) is 0 Å². The summed E-state index contributed by atoms with van der Waals surface area (Å²) in [7, 11) is 0. The molecule has 0 saturated heterocycles. The lowest BCUT2D eigenvalue weighted by Crippen LogP contribution is -2.28. The topological polar surface area (TPSA) is 94.6 Å². The van der Waals surface area contributed by atoms with E-state index in [1.807, 2.05) is 36.4 Å². The lowest BCUT2D eigenvalue weighted by molar-refractivity contribution is -0.141. The summed E-state index contributed by atoms with van der Waals surface area (Å²) < 4.78 is 17.1. The Labute approximate surface area is 218 Å². The fraction of sp³-hybridized carbons (Fsp3) is 0.290. The molecule has 2 unspecified atom stereocenters. The number of hydrogen-bond donors (Lipinski definition) is 1. The molecule has 0 radical (unpaired) electrons. The normalized spacial score (nSPS) is 15.7. The predicted molar refractivity (Wildman–Crippen MR) is 142 cm³/mol. The van der Waals surface area contributed by atoms with Crippen molar-refractivity contribution in [1.29, 1.82) is 5.26 Å². The van der Waals surface area contributed by atoms with E-state index in [1.165, 1.54) is 11.1 Å². The van der Waals surface area contributed by atoms with Crippen molar-refractivity contribution >= 4 is 5.97 Å². The number of nitrogens with two attached hydrogens (primary N) is 1. The van der Waals surface area contributed by atoms with Crippen LogP contribution in [0.5, 0.6) is 17.2 Å². The molecule has 190 valence electrons. The third-order valence-corrected chi connectivity index (χ3v) is 6.50. The number of esters is 1. The SMILES string of the molecule is CCc1ccc(OC(C)C(=O)Oc2ccc3c(c2)OC(N)=C(C#N)C3c2ccc(C(C)(C)C)cc2)cc1. The fourth-order valence-electron chi connectivity index (χ4n) is 4.27. The number of nitriles is 1. The van der Waals surface area contributed by atoms with Crippen LogP contribution >= 0.6 is 0 Å². The van der Waals surface area contributed by atoms with Gasteiger partial charge >= 0.3 is 5.97 Å². The lowest BCUT2D eigenvalue weighted by atomic mass is 9.81. The number of carbonyl (C=O) groups is 1. The maximum absolute atomic E-state index is 12.7. The van der Waals surface area contributed by atoms with Crippen molar-refractivity contribution in [3.8, 4) is 23.3 Å². The van der Waals surface area contributed by atoms with Crippen molar-refractivity contribution < 1.29 is 19.0 Å². The molecule has 1 aliphatic heterocycles. The Hall–Kier alpha value is -4.24. The Balaban J connectivity index is 1.55. The van der Waals surface area contributed by atoms with Crippen molar-refractivity contribution in [3.05, 3.63) is 100 Å². The molecule has 0 bridgehead atoms. The van der Waals surface area contributed by atoms with Gasteiger partial charge in [-0.25, -0.2) is 4.79 Å². The minimum absolute atomic E-state index is 0.0115. The Bertz CT molecular complexity index is 1360. The van der Waals surface area contributed by atoms with E-state index in [0.29, 0.717) is 22.8 Å². The zero-order chi connectivity index (χ0) is 26.7. The average Bonchev–Trinajstić information content (AvgIpc) is 2.87. The summed E-state index contributed by atoms with van der Waals surface area (Å²) in [5.41, 5.74) is 10.6. The maximum Gasteiger partial charge on any atom is 0.352 e. The quantitative estimate of drug-likeness (QED) is 0.325. The van der Waals surface area contributed by atoms with E-state index in [0.717, 1.165) is 17.5 Å². The van der Waals surface area contributed by atoms with Crippen molar-refractivity contribution in [2.24, 2.45) is 5.73 Å². The van der Waals surface area contributed by atoms with Crippen LogP contribution in [-0.4, -0.2) is 12.1 Å². The summed E-state index contributed by atoms with van der Waals surface area (Å²) in [5, 5.41) is 9.84. The van der Waals surface area contributed by atoms with E-state index in [2.05, 4.69) is 45.9 Å². The van der Waals surface area contributed by atoms with Gasteiger partial charge in [-0.15, -0.1) is 0 Å². The highest BCUT2D eigenvalue weighted by Crippen LogP contribution is 2.43. The van der Waals surface area contributed by atoms with Gasteiger partial charge < -0.3 is 19.9 Å². The standard InChI is InChI=1S/C31H32N2O4/c1-6-20-7-13-23(14-8-20)35-19(2)30(34)36-24-15-16-25-27(17-24)37-29(33)26(18-32)28(25)21-9-11-22(12-10-21)31(3,4)5/h7-17,19,28H,6,33H2,1-5H3. The highest BCUT2D eigenvalue weighted by atomic mass is 16.6. The Morgan fingerprint density at radius 1 is 1.05 bits per heavy atom. The molecule has 0 spiro atoms. The zero-order valence-electron chi connectivity index (χ0n) is 21.9. The molecule has 0 aromatic heterocycles. The second-order valence-corrected chi connectivity index (χ2v) is 10.2. The van der Waals surface area contributed by atoms with Gasteiger partial charge in [0.1, 0.15) is 28.9 Å². The first-order valence-corrected chi connectivity index (χ1v) is 12.4. The van der Waals surface area contributed by atoms with Crippen LogP contribution in [0.1, 0.15) is 62.8 Å². The molecule has 1 heterocycles. The van der Waals surface area contributed by atoms with E-state index in [4.69, 9.17) is 19.9 Å². The number of allylic oxidation sites excluding steroid dienone is 1. The monoisotopic (exact) mass is 496 g/mol. The minimum Gasteiger partial charge on any atom is -0.479 e. The predicted octanol–water partition coefficient (Wildman–Crippen LogP) is 6.14. The third-order valence-electron chi connectivity index (χ3n) is 6.50. The van der Waals surface area contributed by atoms with Gasteiger partial charge in [0.2, 0.25) is 5.88 Å². The number of rotatable bonds is 6. The van der Waals surface area contributed by atoms with Gasteiger partial charge in [0.25, 0.3) is 0 Å². The van der Waals surface area contributed by atoms with E-state index >= 15 is 0 Å². The van der Waals surface area contributed by atoms with Crippen molar-refractivity contribution in [2.45, 2.75) is 58.5 Å². The largest absolute Gasteiger partial charge is 0.479 e.